The van der Waals surface area contributed by atoms with E-state index in [1.54, 1.807) is 11.9 Å². The van der Waals surface area contributed by atoms with E-state index in [0.29, 0.717) is 24.8 Å². The van der Waals surface area contributed by atoms with Gasteiger partial charge in [-0.2, -0.15) is 4.98 Å². The number of benzene rings is 1. The van der Waals surface area contributed by atoms with Crippen LogP contribution in [0.5, 0.6) is 0 Å². The van der Waals surface area contributed by atoms with Gasteiger partial charge in [-0.3, -0.25) is 9.59 Å². The second-order valence-corrected chi connectivity index (χ2v) is 7.16. The summed E-state index contributed by atoms with van der Waals surface area (Å²) >= 11 is 0. The number of likely N-dealkylation sites (tertiary alicyclic amines) is 1. The van der Waals surface area contributed by atoms with Crippen molar-refractivity contribution in [1.29, 1.82) is 0 Å². The van der Waals surface area contributed by atoms with Crippen molar-refractivity contribution in [2.24, 2.45) is 0 Å². The molecule has 1 saturated carbocycles. The highest BCUT2D eigenvalue weighted by Gasteiger charge is 2.33. The fraction of sp³-hybridized carbons (Fsp3) is 0.474. The Labute approximate surface area is 152 Å². The molecule has 2 aliphatic rings. The SMILES string of the molecule is CN(Cc1nc(C2CC2)no1)C(=O)CN1CC(c2ccccc2)CC1=O. The molecule has 4 rings (SSSR count). The third-order valence-corrected chi connectivity index (χ3v) is 5.04. The third-order valence-electron chi connectivity index (χ3n) is 5.04. The normalized spacial score (nSPS) is 19.8. The zero-order valence-electron chi connectivity index (χ0n) is 14.8. The van der Waals surface area contributed by atoms with Crippen LogP contribution in [0.25, 0.3) is 0 Å². The summed E-state index contributed by atoms with van der Waals surface area (Å²) in [5, 5.41) is 3.96. The first-order chi connectivity index (χ1) is 12.6. The van der Waals surface area contributed by atoms with Gasteiger partial charge in [-0.1, -0.05) is 35.5 Å². The predicted molar refractivity (Wildman–Crippen MR) is 93.1 cm³/mol. The van der Waals surface area contributed by atoms with Crippen molar-refractivity contribution in [2.45, 2.75) is 37.6 Å². The number of carbonyl (C=O) groups is 2. The van der Waals surface area contributed by atoms with Crippen molar-refractivity contribution in [3.05, 3.63) is 47.6 Å². The molecule has 136 valence electrons. The Hall–Kier alpha value is -2.70. The maximum Gasteiger partial charge on any atom is 0.246 e. The lowest BCUT2D eigenvalue weighted by Gasteiger charge is -2.20. The molecule has 2 amide bonds. The molecule has 7 nitrogen and oxygen atoms in total. The van der Waals surface area contributed by atoms with Gasteiger partial charge in [0.1, 0.15) is 0 Å². The molecule has 2 aromatic rings. The van der Waals surface area contributed by atoms with E-state index in [0.717, 1.165) is 24.2 Å². The lowest BCUT2D eigenvalue weighted by molar-refractivity contribution is -0.138. The Kier molecular flexibility index (Phi) is 4.44. The van der Waals surface area contributed by atoms with Gasteiger partial charge in [0.15, 0.2) is 5.82 Å². The molecule has 2 heterocycles. The van der Waals surface area contributed by atoms with Crippen LogP contribution < -0.4 is 0 Å². The zero-order valence-corrected chi connectivity index (χ0v) is 14.8. The summed E-state index contributed by atoms with van der Waals surface area (Å²) in [5.41, 5.74) is 1.14. The number of amides is 2. The van der Waals surface area contributed by atoms with Gasteiger partial charge >= 0.3 is 0 Å². The van der Waals surface area contributed by atoms with Gasteiger partial charge in [0.25, 0.3) is 0 Å². The van der Waals surface area contributed by atoms with Crippen LogP contribution in [0, 0.1) is 0 Å². The minimum absolute atomic E-state index is 0.0226. The third kappa shape index (κ3) is 3.61. The van der Waals surface area contributed by atoms with Crippen molar-refractivity contribution in [3.8, 4) is 0 Å². The molecule has 2 fully saturated rings. The van der Waals surface area contributed by atoms with E-state index in [2.05, 4.69) is 10.1 Å². The Morgan fingerprint density at radius 2 is 2.04 bits per heavy atom. The number of likely N-dealkylation sites (N-methyl/N-ethyl adjacent to an activating group) is 1. The zero-order chi connectivity index (χ0) is 18.1. The summed E-state index contributed by atoms with van der Waals surface area (Å²) in [5.74, 6) is 1.65. The summed E-state index contributed by atoms with van der Waals surface area (Å²) in [7, 11) is 1.69. The molecule has 26 heavy (non-hydrogen) atoms. The first-order valence-electron chi connectivity index (χ1n) is 8.99. The Morgan fingerprint density at radius 3 is 2.77 bits per heavy atom. The minimum Gasteiger partial charge on any atom is -0.337 e. The van der Waals surface area contributed by atoms with Crippen LogP contribution in [0.3, 0.4) is 0 Å². The molecule has 7 heteroatoms. The number of hydrogen-bond donors (Lipinski definition) is 0. The van der Waals surface area contributed by atoms with Gasteiger partial charge in [0, 0.05) is 31.8 Å². The maximum atomic E-state index is 12.5. The fourth-order valence-corrected chi connectivity index (χ4v) is 3.29. The van der Waals surface area contributed by atoms with E-state index in [9.17, 15) is 9.59 Å². The highest BCUT2D eigenvalue weighted by atomic mass is 16.5. The largest absolute Gasteiger partial charge is 0.337 e. The van der Waals surface area contributed by atoms with E-state index < -0.39 is 0 Å². The molecular formula is C19H22N4O3. The highest BCUT2D eigenvalue weighted by molar-refractivity contribution is 5.86. The molecule has 0 N–H and O–H groups in total. The van der Waals surface area contributed by atoms with Gasteiger partial charge < -0.3 is 14.3 Å². The number of carbonyl (C=O) groups excluding carboxylic acids is 2. The lowest BCUT2D eigenvalue weighted by atomic mass is 9.99. The van der Waals surface area contributed by atoms with Crippen LogP contribution in [0.2, 0.25) is 0 Å². The molecule has 0 radical (unpaired) electrons. The summed E-state index contributed by atoms with van der Waals surface area (Å²) in [6.07, 6.45) is 2.66. The molecule has 0 spiro atoms. The van der Waals surface area contributed by atoms with Gasteiger partial charge in [-0.25, -0.2) is 0 Å². The monoisotopic (exact) mass is 354 g/mol. The summed E-state index contributed by atoms with van der Waals surface area (Å²) in [6.45, 7) is 0.930. The van der Waals surface area contributed by atoms with Gasteiger partial charge in [0.05, 0.1) is 13.1 Å². The first-order valence-corrected chi connectivity index (χ1v) is 8.99. The van der Waals surface area contributed by atoms with Crippen LogP contribution >= 0.6 is 0 Å². The van der Waals surface area contributed by atoms with E-state index >= 15 is 0 Å². The van der Waals surface area contributed by atoms with Crippen molar-refractivity contribution >= 4 is 11.8 Å². The smallest absolute Gasteiger partial charge is 0.246 e. The predicted octanol–water partition coefficient (Wildman–Crippen LogP) is 1.92. The van der Waals surface area contributed by atoms with Gasteiger partial charge in [-0.05, 0) is 18.4 Å². The molecule has 1 aromatic heterocycles. The van der Waals surface area contributed by atoms with Crippen molar-refractivity contribution in [3.63, 3.8) is 0 Å². The summed E-state index contributed by atoms with van der Waals surface area (Å²) < 4.78 is 5.22. The molecule has 1 aliphatic heterocycles. The van der Waals surface area contributed by atoms with Crippen molar-refractivity contribution < 1.29 is 14.1 Å². The number of hydrogen-bond acceptors (Lipinski definition) is 5. The fourth-order valence-electron chi connectivity index (χ4n) is 3.29. The van der Waals surface area contributed by atoms with Crippen molar-refractivity contribution in [1.82, 2.24) is 19.9 Å². The summed E-state index contributed by atoms with van der Waals surface area (Å²) in [6, 6.07) is 9.97. The van der Waals surface area contributed by atoms with Gasteiger partial charge in [0.2, 0.25) is 17.7 Å². The van der Waals surface area contributed by atoms with Crippen LogP contribution in [0.15, 0.2) is 34.9 Å². The standard InChI is InChI=1S/C19H22N4O3/c1-22(11-16-20-19(21-26-16)14-7-8-14)18(25)12-23-10-15(9-17(23)24)13-5-3-2-4-6-13/h2-6,14-15H,7-12H2,1H3. The Balaban J connectivity index is 1.32. The van der Waals surface area contributed by atoms with Gasteiger partial charge in [-0.15, -0.1) is 0 Å². The van der Waals surface area contributed by atoms with E-state index in [4.69, 9.17) is 4.52 Å². The Morgan fingerprint density at radius 1 is 1.27 bits per heavy atom. The van der Waals surface area contributed by atoms with E-state index in [1.165, 1.54) is 4.90 Å². The average Bonchev–Trinajstić information content (AvgIpc) is 3.29. The van der Waals surface area contributed by atoms with Crippen LogP contribution in [0.1, 0.15) is 48.4 Å². The molecule has 1 aliphatic carbocycles. The first kappa shape index (κ1) is 16.8. The van der Waals surface area contributed by atoms with E-state index in [1.807, 2.05) is 30.3 Å². The van der Waals surface area contributed by atoms with Crippen LogP contribution in [0.4, 0.5) is 0 Å². The highest BCUT2D eigenvalue weighted by Crippen LogP contribution is 2.38. The molecule has 1 atom stereocenters. The van der Waals surface area contributed by atoms with Crippen LogP contribution in [-0.4, -0.2) is 51.9 Å². The minimum atomic E-state index is -0.127. The average molecular weight is 354 g/mol. The number of rotatable bonds is 6. The topological polar surface area (TPSA) is 79.5 Å². The van der Waals surface area contributed by atoms with Crippen molar-refractivity contribution in [2.75, 3.05) is 20.1 Å². The molecular weight excluding hydrogens is 332 g/mol. The molecule has 1 aromatic carbocycles. The molecule has 1 saturated heterocycles. The number of nitrogens with zero attached hydrogens (tertiary/aromatic N) is 4. The Bertz CT molecular complexity index is 800. The lowest BCUT2D eigenvalue weighted by Crippen LogP contribution is -2.38. The van der Waals surface area contributed by atoms with Crippen LogP contribution in [-0.2, 0) is 16.1 Å². The molecule has 0 bridgehead atoms. The summed E-state index contributed by atoms with van der Waals surface area (Å²) in [4.78, 5) is 32.3. The quantitative estimate of drug-likeness (QED) is 0.792. The second-order valence-electron chi connectivity index (χ2n) is 7.16. The number of aromatic nitrogens is 2. The molecule has 1 unspecified atom stereocenters. The van der Waals surface area contributed by atoms with E-state index in [-0.39, 0.29) is 30.8 Å². The second kappa shape index (κ2) is 6.90. The maximum absolute atomic E-state index is 12.5.